The molecule has 0 atom stereocenters. The van der Waals surface area contributed by atoms with Crippen molar-refractivity contribution < 1.29 is 0 Å². The lowest BCUT2D eigenvalue weighted by Crippen LogP contribution is -2.15. The van der Waals surface area contributed by atoms with Crippen LogP contribution in [0.2, 0.25) is 0 Å². The third kappa shape index (κ3) is 2.12. The van der Waals surface area contributed by atoms with Gasteiger partial charge < -0.3 is 9.80 Å². The van der Waals surface area contributed by atoms with Crippen molar-refractivity contribution in [2.45, 2.75) is 20.3 Å². The molecule has 0 saturated heterocycles. The average Bonchev–Trinajstić information content (AvgIpc) is 2.71. The molecule has 0 saturated carbocycles. The Labute approximate surface area is 111 Å². The van der Waals surface area contributed by atoms with Crippen LogP contribution in [0.1, 0.15) is 25.0 Å². The van der Waals surface area contributed by atoms with Crippen LogP contribution in [0.15, 0.2) is 17.7 Å². The molecule has 0 N–H and O–H groups in total. The topological polar surface area (TPSA) is 6.48 Å². The Bertz CT molecular complexity index is 482. The Balaban J connectivity index is 2.56. The van der Waals surface area contributed by atoms with Gasteiger partial charge in [0.2, 0.25) is 0 Å². The van der Waals surface area contributed by atoms with Crippen LogP contribution in [0.25, 0.3) is 6.08 Å². The number of allylic oxidation sites excluding steroid dienone is 1. The van der Waals surface area contributed by atoms with Gasteiger partial charge in [0.05, 0.1) is 0 Å². The zero-order valence-corrected chi connectivity index (χ0v) is 12.4. The second-order valence-electron chi connectivity index (χ2n) is 5.84. The predicted molar refractivity (Wildman–Crippen MR) is 81.6 cm³/mol. The van der Waals surface area contributed by atoms with Gasteiger partial charge in [0, 0.05) is 45.1 Å². The Morgan fingerprint density at radius 3 is 2.00 bits per heavy atom. The maximum absolute atomic E-state index is 2.39. The fraction of sp³-hybridized carbons (Fsp3) is 0.500. The molecule has 0 spiro atoms. The van der Waals surface area contributed by atoms with Gasteiger partial charge >= 0.3 is 0 Å². The number of anilines is 2. The van der Waals surface area contributed by atoms with Crippen LogP contribution in [0.5, 0.6) is 0 Å². The first-order valence-corrected chi connectivity index (χ1v) is 6.62. The summed E-state index contributed by atoms with van der Waals surface area (Å²) in [4.78, 5) is 4.42. The molecule has 0 radical (unpaired) electrons. The third-order valence-electron chi connectivity index (χ3n) is 3.73. The molecule has 1 aliphatic rings. The van der Waals surface area contributed by atoms with Crippen molar-refractivity contribution in [2.24, 2.45) is 5.92 Å². The van der Waals surface area contributed by atoms with Crippen molar-refractivity contribution >= 4 is 17.5 Å². The molecular weight excluding hydrogens is 220 g/mol. The minimum Gasteiger partial charge on any atom is -0.377 e. The highest BCUT2D eigenvalue weighted by Gasteiger charge is 2.22. The number of nitrogens with zero attached hydrogens (tertiary/aromatic N) is 2. The smallest absolute Gasteiger partial charge is 0.0439 e. The molecule has 0 aliphatic heterocycles. The van der Waals surface area contributed by atoms with Gasteiger partial charge in [0.25, 0.3) is 0 Å². The molecule has 0 heterocycles. The quantitative estimate of drug-likeness (QED) is 0.804. The van der Waals surface area contributed by atoms with Gasteiger partial charge in [-0.3, -0.25) is 0 Å². The van der Waals surface area contributed by atoms with E-state index < -0.39 is 0 Å². The number of rotatable bonds is 3. The summed E-state index contributed by atoms with van der Waals surface area (Å²) in [7, 11) is 8.48. The van der Waals surface area contributed by atoms with Crippen molar-refractivity contribution in [3.63, 3.8) is 0 Å². The van der Waals surface area contributed by atoms with E-state index in [0.717, 1.165) is 6.42 Å². The van der Waals surface area contributed by atoms with Crippen molar-refractivity contribution in [1.29, 1.82) is 0 Å². The standard InChI is InChI=1S/C16H24N2/c1-11(2)12-9-13-14(10-12)16(18(5)6)8-7-15(13)17(3)4/h7-9,11H,10H2,1-6H3. The van der Waals surface area contributed by atoms with Crippen molar-refractivity contribution in [1.82, 2.24) is 0 Å². The monoisotopic (exact) mass is 244 g/mol. The summed E-state index contributed by atoms with van der Waals surface area (Å²) in [5, 5.41) is 0. The summed E-state index contributed by atoms with van der Waals surface area (Å²) in [6.45, 7) is 4.56. The molecule has 18 heavy (non-hydrogen) atoms. The Morgan fingerprint density at radius 1 is 0.944 bits per heavy atom. The largest absolute Gasteiger partial charge is 0.377 e. The van der Waals surface area contributed by atoms with E-state index in [4.69, 9.17) is 0 Å². The maximum Gasteiger partial charge on any atom is 0.0439 e. The van der Waals surface area contributed by atoms with E-state index in [1.165, 1.54) is 22.5 Å². The molecule has 98 valence electrons. The first-order chi connectivity index (χ1) is 8.41. The molecule has 0 bridgehead atoms. The maximum atomic E-state index is 2.39. The van der Waals surface area contributed by atoms with E-state index in [9.17, 15) is 0 Å². The summed E-state index contributed by atoms with van der Waals surface area (Å²) < 4.78 is 0. The molecule has 2 rings (SSSR count). The van der Waals surface area contributed by atoms with Crippen LogP contribution < -0.4 is 9.80 Å². The van der Waals surface area contributed by atoms with Gasteiger partial charge in [-0.25, -0.2) is 0 Å². The predicted octanol–water partition coefficient (Wildman–Crippen LogP) is 3.41. The number of hydrogen-bond acceptors (Lipinski definition) is 2. The van der Waals surface area contributed by atoms with Crippen LogP contribution >= 0.6 is 0 Å². The molecule has 0 aromatic heterocycles. The lowest BCUT2D eigenvalue weighted by atomic mass is 10.00. The second kappa shape index (κ2) is 4.68. The lowest BCUT2D eigenvalue weighted by Gasteiger charge is -2.22. The fourth-order valence-corrected chi connectivity index (χ4v) is 2.61. The third-order valence-corrected chi connectivity index (χ3v) is 3.73. The molecule has 0 unspecified atom stereocenters. The first-order valence-electron chi connectivity index (χ1n) is 6.62. The molecule has 0 fully saturated rings. The van der Waals surface area contributed by atoms with Crippen LogP contribution in [0.3, 0.4) is 0 Å². The molecule has 1 aromatic rings. The highest BCUT2D eigenvalue weighted by atomic mass is 15.1. The highest BCUT2D eigenvalue weighted by molar-refractivity contribution is 5.81. The molecule has 2 heteroatoms. The van der Waals surface area contributed by atoms with E-state index >= 15 is 0 Å². The van der Waals surface area contributed by atoms with E-state index in [-0.39, 0.29) is 0 Å². The molecular formula is C16H24N2. The average molecular weight is 244 g/mol. The zero-order valence-electron chi connectivity index (χ0n) is 12.4. The van der Waals surface area contributed by atoms with Gasteiger partial charge in [0.15, 0.2) is 0 Å². The van der Waals surface area contributed by atoms with Crippen LogP contribution in [0.4, 0.5) is 11.4 Å². The minimum atomic E-state index is 0.627. The van der Waals surface area contributed by atoms with Crippen LogP contribution in [-0.4, -0.2) is 28.2 Å². The highest BCUT2D eigenvalue weighted by Crippen LogP contribution is 2.40. The Hall–Kier alpha value is -1.44. The SMILES string of the molecule is CC(C)C1=Cc2c(N(C)C)ccc(N(C)C)c2C1. The minimum absolute atomic E-state index is 0.627. The van der Waals surface area contributed by atoms with E-state index in [0.29, 0.717) is 5.92 Å². The van der Waals surface area contributed by atoms with Crippen LogP contribution in [-0.2, 0) is 6.42 Å². The summed E-state index contributed by atoms with van der Waals surface area (Å²) in [6.07, 6.45) is 3.49. The van der Waals surface area contributed by atoms with Gasteiger partial charge in [0.1, 0.15) is 0 Å². The van der Waals surface area contributed by atoms with Crippen molar-refractivity contribution in [2.75, 3.05) is 38.0 Å². The van der Waals surface area contributed by atoms with Gasteiger partial charge in [-0.05, 0) is 30.0 Å². The van der Waals surface area contributed by atoms with Gasteiger partial charge in [-0.15, -0.1) is 0 Å². The first kappa shape index (κ1) is 13.0. The Morgan fingerprint density at radius 2 is 1.50 bits per heavy atom. The molecule has 0 amide bonds. The second-order valence-corrected chi connectivity index (χ2v) is 5.84. The lowest BCUT2D eigenvalue weighted by molar-refractivity contribution is 0.754. The number of hydrogen-bond donors (Lipinski definition) is 0. The molecule has 1 aliphatic carbocycles. The van der Waals surface area contributed by atoms with Crippen molar-refractivity contribution in [3.8, 4) is 0 Å². The number of fused-ring (bicyclic) bond motifs is 1. The summed E-state index contributed by atoms with van der Waals surface area (Å²) in [6, 6.07) is 4.47. The summed E-state index contributed by atoms with van der Waals surface area (Å²) >= 11 is 0. The zero-order chi connectivity index (χ0) is 13.4. The van der Waals surface area contributed by atoms with E-state index in [1.54, 1.807) is 5.57 Å². The Kier molecular flexibility index (Phi) is 3.38. The summed E-state index contributed by atoms with van der Waals surface area (Å²) in [5.74, 6) is 0.627. The molecule has 1 aromatic carbocycles. The molecule has 2 nitrogen and oxygen atoms in total. The van der Waals surface area contributed by atoms with Gasteiger partial charge in [-0.2, -0.15) is 0 Å². The fourth-order valence-electron chi connectivity index (χ4n) is 2.61. The van der Waals surface area contributed by atoms with E-state index in [2.05, 4.69) is 70.0 Å². The van der Waals surface area contributed by atoms with E-state index in [1.807, 2.05) is 0 Å². The van der Waals surface area contributed by atoms with Gasteiger partial charge in [-0.1, -0.05) is 25.5 Å². The van der Waals surface area contributed by atoms with Crippen LogP contribution in [0, 0.1) is 5.92 Å². The van der Waals surface area contributed by atoms with Crippen molar-refractivity contribution in [3.05, 3.63) is 28.8 Å². The normalized spacial score (nSPS) is 13.6. The summed E-state index contributed by atoms with van der Waals surface area (Å²) in [5.41, 5.74) is 7.11. The number of benzene rings is 1.